The molecule has 3 nitrogen and oxygen atoms in total. The second-order valence-electron chi connectivity index (χ2n) is 4.09. The van der Waals surface area contributed by atoms with Crippen LogP contribution >= 0.6 is 24.0 Å². The van der Waals surface area contributed by atoms with E-state index in [1.807, 2.05) is 6.92 Å². The maximum absolute atomic E-state index is 13.1. The number of nitrogens with one attached hydrogen (secondary N) is 1. The molecular weight excluding hydrogens is 304 g/mol. The fourth-order valence-corrected chi connectivity index (χ4v) is 1.84. The first kappa shape index (κ1) is 19.2. The minimum Gasteiger partial charge on any atom is -0.479 e. The maximum Gasteiger partial charge on any atom is 0.215 e. The van der Waals surface area contributed by atoms with Crippen LogP contribution < -0.4 is 0 Å². The zero-order valence-electron chi connectivity index (χ0n) is 11.6. The fraction of sp³-hybridized carbons (Fsp3) is 0.500. The average Bonchev–Trinajstić information content (AvgIpc) is 2.36. The Bertz CT molecular complexity index is 430. The van der Waals surface area contributed by atoms with Crippen molar-refractivity contribution in [3.63, 3.8) is 0 Å². The summed E-state index contributed by atoms with van der Waals surface area (Å²) < 4.78 is 24.0. The molecule has 0 amide bonds. The van der Waals surface area contributed by atoms with Gasteiger partial charge in [0.05, 0.1) is 6.61 Å². The van der Waals surface area contributed by atoms with E-state index in [0.717, 1.165) is 11.1 Å². The van der Waals surface area contributed by atoms with E-state index in [1.165, 1.54) is 12.1 Å². The van der Waals surface area contributed by atoms with Gasteiger partial charge in [0.2, 0.25) is 5.90 Å². The van der Waals surface area contributed by atoms with Gasteiger partial charge in [-0.2, -0.15) is 0 Å². The highest BCUT2D eigenvalue weighted by atomic mass is 35.5. The molecule has 1 aromatic rings. The number of halogens is 3. The lowest BCUT2D eigenvalue weighted by molar-refractivity contribution is 0.0778. The molecule has 0 fully saturated rings. The van der Waals surface area contributed by atoms with Crippen LogP contribution in [0.5, 0.6) is 0 Å². The number of hydrogen-bond acceptors (Lipinski definition) is 3. The third kappa shape index (κ3) is 5.65. The first-order valence-corrected chi connectivity index (χ1v) is 6.78. The summed E-state index contributed by atoms with van der Waals surface area (Å²) in [5.74, 6) is 0.229. The predicted molar refractivity (Wildman–Crippen MR) is 81.8 cm³/mol. The van der Waals surface area contributed by atoms with Gasteiger partial charge in [-0.1, -0.05) is 6.07 Å². The Labute approximate surface area is 130 Å². The van der Waals surface area contributed by atoms with Gasteiger partial charge in [-0.05, 0) is 43.5 Å². The van der Waals surface area contributed by atoms with Crippen LogP contribution in [0.3, 0.4) is 0 Å². The van der Waals surface area contributed by atoms with E-state index >= 15 is 0 Å². The van der Waals surface area contributed by atoms with Gasteiger partial charge in [0.25, 0.3) is 0 Å². The monoisotopic (exact) mass is 323 g/mol. The fourth-order valence-electron chi connectivity index (χ4n) is 1.73. The van der Waals surface area contributed by atoms with Crippen molar-refractivity contribution < 1.29 is 13.9 Å². The summed E-state index contributed by atoms with van der Waals surface area (Å²) in [5, 5.41) is 7.90. The molecule has 0 aliphatic carbocycles. The summed E-state index contributed by atoms with van der Waals surface area (Å²) in [6.45, 7) is 4.42. The summed E-state index contributed by atoms with van der Waals surface area (Å²) in [6.07, 6.45) is 0.0845. The van der Waals surface area contributed by atoms with Gasteiger partial charge in [0.1, 0.15) is 5.82 Å². The zero-order chi connectivity index (χ0) is 14.3. The zero-order valence-corrected chi connectivity index (χ0v) is 13.2. The first-order valence-electron chi connectivity index (χ1n) is 6.25. The Hall–Kier alpha value is -0.840. The van der Waals surface area contributed by atoms with Crippen LogP contribution in [-0.2, 0) is 9.47 Å². The lowest BCUT2D eigenvalue weighted by atomic mass is 10.0. The van der Waals surface area contributed by atoms with E-state index < -0.39 is 6.10 Å². The molecule has 0 heterocycles. The summed E-state index contributed by atoms with van der Waals surface area (Å²) in [7, 11) is 0. The maximum atomic E-state index is 13.1. The smallest absolute Gasteiger partial charge is 0.215 e. The van der Waals surface area contributed by atoms with Gasteiger partial charge >= 0.3 is 0 Å². The van der Waals surface area contributed by atoms with Crippen molar-refractivity contribution in [1.82, 2.24) is 0 Å². The van der Waals surface area contributed by atoms with Crippen LogP contribution in [0, 0.1) is 18.2 Å². The quantitative estimate of drug-likeness (QED) is 0.352. The SMILES string of the molecule is CCOC(=N)C(OCCCCl)c1ccc(F)cc1C.Cl. The van der Waals surface area contributed by atoms with Gasteiger partial charge < -0.3 is 9.47 Å². The predicted octanol–water partition coefficient (Wildman–Crippen LogP) is 4.26. The van der Waals surface area contributed by atoms with Crippen molar-refractivity contribution in [3.05, 3.63) is 35.1 Å². The molecule has 1 unspecified atom stereocenters. The highest BCUT2D eigenvalue weighted by molar-refractivity contribution is 6.17. The summed E-state index contributed by atoms with van der Waals surface area (Å²) >= 11 is 5.61. The molecule has 0 saturated carbocycles. The van der Waals surface area contributed by atoms with E-state index in [-0.39, 0.29) is 24.1 Å². The van der Waals surface area contributed by atoms with Gasteiger partial charge in [-0.15, -0.1) is 24.0 Å². The third-order valence-electron chi connectivity index (χ3n) is 2.61. The van der Waals surface area contributed by atoms with Crippen molar-refractivity contribution in [2.75, 3.05) is 19.1 Å². The molecule has 0 aliphatic rings. The van der Waals surface area contributed by atoms with Crippen LogP contribution in [0.2, 0.25) is 0 Å². The molecule has 20 heavy (non-hydrogen) atoms. The van der Waals surface area contributed by atoms with Crippen LogP contribution in [0.4, 0.5) is 4.39 Å². The summed E-state index contributed by atoms with van der Waals surface area (Å²) in [4.78, 5) is 0. The second-order valence-corrected chi connectivity index (χ2v) is 4.47. The minimum atomic E-state index is -0.608. The van der Waals surface area contributed by atoms with Crippen molar-refractivity contribution in [2.24, 2.45) is 0 Å². The van der Waals surface area contributed by atoms with Crippen LogP contribution in [0.15, 0.2) is 18.2 Å². The number of aryl methyl sites for hydroxylation is 1. The van der Waals surface area contributed by atoms with E-state index in [2.05, 4.69) is 0 Å². The van der Waals surface area contributed by atoms with E-state index in [1.54, 1.807) is 13.0 Å². The Balaban J connectivity index is 0.00000361. The van der Waals surface area contributed by atoms with Gasteiger partial charge in [-0.3, -0.25) is 5.41 Å². The highest BCUT2D eigenvalue weighted by Crippen LogP contribution is 2.24. The largest absolute Gasteiger partial charge is 0.479 e. The van der Waals surface area contributed by atoms with Crippen molar-refractivity contribution in [3.8, 4) is 0 Å². The molecule has 1 atom stereocenters. The van der Waals surface area contributed by atoms with Crippen molar-refractivity contribution in [1.29, 1.82) is 5.41 Å². The Morgan fingerprint density at radius 1 is 1.45 bits per heavy atom. The molecule has 114 valence electrons. The van der Waals surface area contributed by atoms with Crippen molar-refractivity contribution in [2.45, 2.75) is 26.4 Å². The van der Waals surface area contributed by atoms with Crippen LogP contribution in [0.25, 0.3) is 0 Å². The Kier molecular flexibility index (Phi) is 9.55. The molecule has 1 rings (SSSR count). The average molecular weight is 324 g/mol. The number of alkyl halides is 1. The number of ether oxygens (including phenoxy) is 2. The first-order chi connectivity index (χ1) is 9.10. The number of hydrogen-bond donors (Lipinski definition) is 1. The highest BCUT2D eigenvalue weighted by Gasteiger charge is 2.21. The van der Waals surface area contributed by atoms with Crippen molar-refractivity contribution >= 4 is 29.9 Å². The Morgan fingerprint density at radius 2 is 2.15 bits per heavy atom. The Morgan fingerprint density at radius 3 is 2.70 bits per heavy atom. The third-order valence-corrected chi connectivity index (χ3v) is 2.88. The standard InChI is InChI=1S/C14H19ClFNO2.ClH/c1-3-18-14(17)13(19-8-4-7-15)12-6-5-11(16)9-10(12)2;/h5-6,9,13,17H,3-4,7-8H2,1-2H3;1H. The van der Waals surface area contributed by atoms with Crippen LogP contribution in [-0.4, -0.2) is 25.0 Å². The second kappa shape index (κ2) is 9.97. The molecule has 0 bridgehead atoms. The summed E-state index contributed by atoms with van der Waals surface area (Å²) in [6, 6.07) is 4.41. The molecule has 0 aliphatic heterocycles. The minimum absolute atomic E-state index is 0. The number of rotatable bonds is 7. The normalized spacial score (nSPS) is 11.6. The lowest BCUT2D eigenvalue weighted by Crippen LogP contribution is -2.20. The summed E-state index contributed by atoms with van der Waals surface area (Å²) in [5.41, 5.74) is 1.48. The molecule has 0 spiro atoms. The molecule has 0 radical (unpaired) electrons. The molecular formula is C14H20Cl2FNO2. The molecule has 0 saturated heterocycles. The van der Waals surface area contributed by atoms with Gasteiger partial charge in [0, 0.05) is 12.5 Å². The van der Waals surface area contributed by atoms with E-state index in [9.17, 15) is 4.39 Å². The molecule has 1 N–H and O–H groups in total. The van der Waals surface area contributed by atoms with E-state index in [0.29, 0.717) is 25.5 Å². The number of benzene rings is 1. The molecule has 1 aromatic carbocycles. The van der Waals surface area contributed by atoms with Crippen LogP contribution in [0.1, 0.15) is 30.6 Å². The lowest BCUT2D eigenvalue weighted by Gasteiger charge is -2.20. The topological polar surface area (TPSA) is 42.3 Å². The molecule has 6 heteroatoms. The van der Waals surface area contributed by atoms with E-state index in [4.69, 9.17) is 26.5 Å². The van der Waals surface area contributed by atoms with Gasteiger partial charge in [0.15, 0.2) is 6.10 Å². The molecule has 0 aromatic heterocycles. The van der Waals surface area contributed by atoms with Gasteiger partial charge in [-0.25, -0.2) is 4.39 Å².